The average molecular weight is 329 g/mol. The van der Waals surface area contributed by atoms with Crippen LogP contribution < -0.4 is 4.74 Å². The zero-order valence-corrected chi connectivity index (χ0v) is 13.8. The Morgan fingerprint density at radius 2 is 1.70 bits per heavy atom. The van der Waals surface area contributed by atoms with Gasteiger partial charge in [0.15, 0.2) is 0 Å². The van der Waals surface area contributed by atoms with E-state index in [9.17, 15) is 4.39 Å². The van der Waals surface area contributed by atoms with Crippen LogP contribution in [0.2, 0.25) is 0 Å². The Hall–Kier alpha value is -1.94. The number of nitrogens with zero attached hydrogens (tertiary/aromatic N) is 1. The van der Waals surface area contributed by atoms with Gasteiger partial charge < -0.3 is 9.64 Å². The lowest BCUT2D eigenvalue weighted by Gasteiger charge is -2.29. The first-order valence-corrected chi connectivity index (χ1v) is 8.40. The number of rotatable bonds is 4. The van der Waals surface area contributed by atoms with Gasteiger partial charge in [0.1, 0.15) is 23.2 Å². The third kappa shape index (κ3) is 4.08. The SMILES string of the molecule is Fc1ccccc1COc1ccc(C(=S)N2CCCCC2)cc1. The normalized spacial score (nSPS) is 14.6. The summed E-state index contributed by atoms with van der Waals surface area (Å²) in [6, 6.07) is 14.4. The van der Waals surface area contributed by atoms with Crippen LogP contribution in [0.3, 0.4) is 0 Å². The molecule has 1 fully saturated rings. The second-order valence-electron chi connectivity index (χ2n) is 5.76. The fraction of sp³-hybridized carbons (Fsp3) is 0.316. The van der Waals surface area contributed by atoms with Crippen molar-refractivity contribution in [1.82, 2.24) is 4.90 Å². The number of benzene rings is 2. The number of piperidine rings is 1. The molecule has 2 nitrogen and oxygen atoms in total. The molecule has 0 aliphatic carbocycles. The van der Waals surface area contributed by atoms with Crippen LogP contribution in [0.25, 0.3) is 0 Å². The van der Waals surface area contributed by atoms with Crippen LogP contribution in [0.15, 0.2) is 48.5 Å². The lowest BCUT2D eigenvalue weighted by atomic mass is 10.1. The summed E-state index contributed by atoms with van der Waals surface area (Å²) in [6.07, 6.45) is 3.72. The minimum Gasteiger partial charge on any atom is -0.489 e. The van der Waals surface area contributed by atoms with Crippen LogP contribution in [0.5, 0.6) is 5.75 Å². The van der Waals surface area contributed by atoms with Crippen LogP contribution in [-0.2, 0) is 6.61 Å². The van der Waals surface area contributed by atoms with E-state index in [-0.39, 0.29) is 12.4 Å². The third-order valence-corrected chi connectivity index (χ3v) is 4.59. The van der Waals surface area contributed by atoms with Gasteiger partial charge in [-0.3, -0.25) is 0 Å². The van der Waals surface area contributed by atoms with Crippen LogP contribution in [-0.4, -0.2) is 23.0 Å². The average Bonchev–Trinajstić information content (AvgIpc) is 2.62. The molecule has 23 heavy (non-hydrogen) atoms. The molecule has 1 aliphatic heterocycles. The van der Waals surface area contributed by atoms with E-state index in [0.717, 1.165) is 29.4 Å². The first kappa shape index (κ1) is 15.9. The minimum absolute atomic E-state index is 0.225. The summed E-state index contributed by atoms with van der Waals surface area (Å²) < 4.78 is 19.2. The highest BCUT2D eigenvalue weighted by atomic mass is 32.1. The number of likely N-dealkylation sites (tertiary alicyclic amines) is 1. The van der Waals surface area contributed by atoms with Crippen molar-refractivity contribution in [2.24, 2.45) is 0 Å². The number of hydrogen-bond donors (Lipinski definition) is 0. The Kier molecular flexibility index (Phi) is 5.23. The molecule has 0 atom stereocenters. The Morgan fingerprint density at radius 1 is 1.00 bits per heavy atom. The van der Waals surface area contributed by atoms with Crippen molar-refractivity contribution in [3.8, 4) is 5.75 Å². The molecule has 2 aromatic carbocycles. The van der Waals surface area contributed by atoms with E-state index in [1.807, 2.05) is 30.3 Å². The third-order valence-electron chi connectivity index (χ3n) is 4.10. The quantitative estimate of drug-likeness (QED) is 0.763. The summed E-state index contributed by atoms with van der Waals surface area (Å²) >= 11 is 5.58. The molecule has 3 rings (SSSR count). The predicted molar refractivity (Wildman–Crippen MR) is 94.3 cm³/mol. The summed E-state index contributed by atoms with van der Waals surface area (Å²) in [5.74, 6) is 0.480. The highest BCUT2D eigenvalue weighted by Gasteiger charge is 2.14. The molecule has 2 aromatic rings. The molecular weight excluding hydrogens is 309 g/mol. The summed E-state index contributed by atoms with van der Waals surface area (Å²) in [7, 11) is 0. The zero-order valence-electron chi connectivity index (χ0n) is 13.0. The Morgan fingerprint density at radius 3 is 2.39 bits per heavy atom. The van der Waals surface area contributed by atoms with E-state index >= 15 is 0 Å². The summed E-state index contributed by atoms with van der Waals surface area (Å²) in [5.41, 5.74) is 1.60. The van der Waals surface area contributed by atoms with Gasteiger partial charge in [-0.2, -0.15) is 0 Å². The molecule has 1 saturated heterocycles. The molecule has 0 N–H and O–H groups in total. The van der Waals surface area contributed by atoms with Crippen LogP contribution >= 0.6 is 12.2 Å². The molecule has 0 aromatic heterocycles. The van der Waals surface area contributed by atoms with Crippen LogP contribution in [0.4, 0.5) is 4.39 Å². The summed E-state index contributed by atoms with van der Waals surface area (Å²) in [4.78, 5) is 3.18. The molecule has 0 saturated carbocycles. The Balaban J connectivity index is 1.60. The molecule has 1 aliphatic rings. The Bertz CT molecular complexity index is 665. The van der Waals surface area contributed by atoms with Crippen molar-refractivity contribution in [2.45, 2.75) is 25.9 Å². The van der Waals surface area contributed by atoms with Gasteiger partial charge in [0.05, 0.1) is 0 Å². The number of thiocarbonyl (C=S) groups is 1. The zero-order chi connectivity index (χ0) is 16.1. The molecule has 4 heteroatoms. The highest BCUT2D eigenvalue weighted by molar-refractivity contribution is 7.80. The molecule has 1 heterocycles. The van der Waals surface area contributed by atoms with E-state index in [1.54, 1.807) is 12.1 Å². The van der Waals surface area contributed by atoms with E-state index in [2.05, 4.69) is 4.90 Å². The second kappa shape index (κ2) is 7.55. The first-order valence-electron chi connectivity index (χ1n) is 7.99. The van der Waals surface area contributed by atoms with E-state index in [0.29, 0.717) is 5.56 Å². The van der Waals surface area contributed by atoms with Gasteiger partial charge in [-0.15, -0.1) is 0 Å². The number of ether oxygens (including phenoxy) is 1. The van der Waals surface area contributed by atoms with Crippen molar-refractivity contribution < 1.29 is 9.13 Å². The van der Waals surface area contributed by atoms with Gasteiger partial charge in [-0.05, 0) is 49.6 Å². The van der Waals surface area contributed by atoms with Gasteiger partial charge in [-0.1, -0.05) is 30.4 Å². The van der Waals surface area contributed by atoms with Crippen LogP contribution in [0, 0.1) is 5.82 Å². The summed E-state index contributed by atoms with van der Waals surface area (Å²) in [6.45, 7) is 2.32. The van der Waals surface area contributed by atoms with Gasteiger partial charge in [0.2, 0.25) is 0 Å². The Labute approximate surface area is 141 Å². The summed E-state index contributed by atoms with van der Waals surface area (Å²) in [5, 5.41) is 0. The van der Waals surface area contributed by atoms with Crippen molar-refractivity contribution >= 4 is 17.2 Å². The molecule has 120 valence electrons. The lowest BCUT2D eigenvalue weighted by Crippen LogP contribution is -2.34. The molecular formula is C19H20FNOS. The molecule has 0 bridgehead atoms. The fourth-order valence-corrected chi connectivity index (χ4v) is 3.07. The fourth-order valence-electron chi connectivity index (χ4n) is 2.75. The molecule has 0 amide bonds. The smallest absolute Gasteiger partial charge is 0.129 e. The number of halogens is 1. The van der Waals surface area contributed by atoms with Crippen LogP contribution in [0.1, 0.15) is 30.4 Å². The van der Waals surface area contributed by atoms with Crippen molar-refractivity contribution in [2.75, 3.05) is 13.1 Å². The van der Waals surface area contributed by atoms with Crippen molar-refractivity contribution in [3.05, 3.63) is 65.5 Å². The van der Waals surface area contributed by atoms with E-state index in [1.165, 1.54) is 25.3 Å². The minimum atomic E-state index is -0.240. The molecule has 0 radical (unpaired) electrons. The number of hydrogen-bond acceptors (Lipinski definition) is 2. The lowest BCUT2D eigenvalue weighted by molar-refractivity contribution is 0.300. The maximum atomic E-state index is 13.6. The van der Waals surface area contributed by atoms with E-state index in [4.69, 9.17) is 17.0 Å². The van der Waals surface area contributed by atoms with Crippen molar-refractivity contribution in [1.29, 1.82) is 0 Å². The standard InChI is InChI=1S/C19H20FNOS/c20-18-7-3-2-6-16(18)14-22-17-10-8-15(9-11-17)19(23)21-12-4-1-5-13-21/h2-3,6-11H,1,4-5,12-14H2. The molecule has 0 spiro atoms. The van der Waals surface area contributed by atoms with Crippen molar-refractivity contribution in [3.63, 3.8) is 0 Å². The van der Waals surface area contributed by atoms with Gasteiger partial charge in [-0.25, -0.2) is 4.39 Å². The molecule has 0 unspecified atom stereocenters. The van der Waals surface area contributed by atoms with Gasteiger partial charge in [0.25, 0.3) is 0 Å². The monoisotopic (exact) mass is 329 g/mol. The predicted octanol–water partition coefficient (Wildman–Crippen LogP) is 4.57. The van der Waals surface area contributed by atoms with E-state index < -0.39 is 0 Å². The van der Waals surface area contributed by atoms with Gasteiger partial charge >= 0.3 is 0 Å². The first-order chi connectivity index (χ1) is 11.2. The highest BCUT2D eigenvalue weighted by Crippen LogP contribution is 2.19. The maximum Gasteiger partial charge on any atom is 0.129 e. The van der Waals surface area contributed by atoms with Gasteiger partial charge in [0, 0.05) is 24.2 Å². The largest absolute Gasteiger partial charge is 0.489 e. The maximum absolute atomic E-state index is 13.6. The topological polar surface area (TPSA) is 12.5 Å². The second-order valence-corrected chi connectivity index (χ2v) is 6.14.